The molecule has 0 saturated carbocycles. The number of aliphatic hydroxyl groups is 1. The Morgan fingerprint density at radius 3 is 2.38 bits per heavy atom. The highest BCUT2D eigenvalue weighted by Crippen LogP contribution is 2.24. The first kappa shape index (κ1) is 25.9. The highest BCUT2D eigenvalue weighted by Gasteiger charge is 2.21. The molecule has 34 heavy (non-hydrogen) atoms. The van der Waals surface area contributed by atoms with Gasteiger partial charge in [0.2, 0.25) is 10.0 Å². The summed E-state index contributed by atoms with van der Waals surface area (Å²) in [6.45, 7) is 1.45. The number of fused-ring (bicyclic) bond motifs is 1. The predicted octanol–water partition coefficient (Wildman–Crippen LogP) is 2.80. The van der Waals surface area contributed by atoms with Crippen molar-refractivity contribution in [2.24, 2.45) is 5.73 Å². The van der Waals surface area contributed by atoms with Gasteiger partial charge in [-0.25, -0.2) is 8.42 Å². The number of nitrogens with zero attached hydrogens (tertiary/aromatic N) is 2. The maximum atomic E-state index is 13.0. The van der Waals surface area contributed by atoms with E-state index in [4.69, 9.17) is 22.7 Å². The number of benzene rings is 3. The molecule has 0 heterocycles. The molecule has 1 unspecified atom stereocenters. The van der Waals surface area contributed by atoms with Crippen LogP contribution in [0.25, 0.3) is 10.8 Å². The number of nitrogen functional groups attached to an aromatic ring is 1. The van der Waals surface area contributed by atoms with Gasteiger partial charge in [0.25, 0.3) is 0 Å². The number of halogens is 1. The van der Waals surface area contributed by atoms with Crippen LogP contribution in [0.3, 0.4) is 0 Å². The summed E-state index contributed by atoms with van der Waals surface area (Å²) < 4.78 is 27.3. The Morgan fingerprint density at radius 1 is 1.06 bits per heavy atom. The van der Waals surface area contributed by atoms with Gasteiger partial charge in [-0.1, -0.05) is 23.7 Å². The molecular formula is C24H30ClN5O3S. The molecule has 3 rings (SSSR count). The number of hydrogen-bond donors (Lipinski definition) is 4. The predicted molar refractivity (Wildman–Crippen MR) is 138 cm³/mol. The maximum absolute atomic E-state index is 13.0. The van der Waals surface area contributed by atoms with E-state index in [2.05, 4.69) is 5.32 Å². The first-order valence-corrected chi connectivity index (χ1v) is 12.6. The van der Waals surface area contributed by atoms with Crippen molar-refractivity contribution >= 4 is 43.9 Å². The lowest BCUT2D eigenvalue weighted by molar-refractivity contribution is 0.134. The van der Waals surface area contributed by atoms with Gasteiger partial charge in [0.05, 0.1) is 11.0 Å². The van der Waals surface area contributed by atoms with E-state index in [0.29, 0.717) is 30.2 Å². The summed E-state index contributed by atoms with van der Waals surface area (Å²) in [5, 5.41) is 23.2. The van der Waals surface area contributed by atoms with Crippen LogP contribution in [0.2, 0.25) is 5.02 Å². The molecule has 0 aromatic heterocycles. The number of likely N-dealkylation sites (N-methyl/N-ethyl adjacent to an activating group) is 2. The van der Waals surface area contributed by atoms with Crippen LogP contribution in [0, 0.1) is 5.41 Å². The van der Waals surface area contributed by atoms with Crippen molar-refractivity contribution in [2.45, 2.75) is 11.0 Å². The molecule has 0 saturated heterocycles. The highest BCUT2D eigenvalue weighted by atomic mass is 35.5. The topological polar surface area (TPSA) is 123 Å². The average Bonchev–Trinajstić information content (AvgIpc) is 2.80. The van der Waals surface area contributed by atoms with E-state index in [1.807, 2.05) is 11.9 Å². The largest absolute Gasteiger partial charge is 0.390 e. The van der Waals surface area contributed by atoms with Crippen LogP contribution in [-0.2, 0) is 10.0 Å². The van der Waals surface area contributed by atoms with E-state index in [1.165, 1.54) is 4.31 Å². The Balaban J connectivity index is 1.49. The van der Waals surface area contributed by atoms with Crippen molar-refractivity contribution in [3.05, 3.63) is 71.2 Å². The summed E-state index contributed by atoms with van der Waals surface area (Å²) in [4.78, 5) is 2.12. The van der Waals surface area contributed by atoms with E-state index in [0.717, 1.165) is 16.5 Å². The monoisotopic (exact) mass is 503 g/mol. The van der Waals surface area contributed by atoms with E-state index < -0.39 is 16.1 Å². The summed E-state index contributed by atoms with van der Waals surface area (Å²) >= 11 is 6.01. The Hall–Kier alpha value is -2.69. The van der Waals surface area contributed by atoms with E-state index in [9.17, 15) is 13.5 Å². The smallest absolute Gasteiger partial charge is 0.242 e. The molecule has 0 aliphatic heterocycles. The van der Waals surface area contributed by atoms with Crippen LogP contribution in [0.4, 0.5) is 5.69 Å². The molecule has 5 N–H and O–H groups in total. The standard InChI is InChI=1S/C24H30ClN5O3S/c1-29(16-22(31)15-28-21-8-4-17(5-9-21)24(26)27)11-12-30(2)34(32,33)23-10-6-18-13-20(25)7-3-19(18)14-23/h3-10,13-14,22,28,31H,11-12,15-16H2,1-2H3,(H3,26,27). The lowest BCUT2D eigenvalue weighted by Crippen LogP contribution is -2.39. The van der Waals surface area contributed by atoms with E-state index in [-0.39, 0.29) is 17.3 Å². The third-order valence-electron chi connectivity index (χ3n) is 5.54. The van der Waals surface area contributed by atoms with Gasteiger partial charge in [0.15, 0.2) is 0 Å². The molecule has 1 atom stereocenters. The molecule has 0 fully saturated rings. The fourth-order valence-corrected chi connectivity index (χ4v) is 4.86. The number of hydrogen-bond acceptors (Lipinski definition) is 6. The molecule has 3 aromatic carbocycles. The minimum atomic E-state index is -3.65. The lowest BCUT2D eigenvalue weighted by Gasteiger charge is -2.24. The molecule has 0 radical (unpaired) electrons. The van der Waals surface area contributed by atoms with Crippen molar-refractivity contribution in [3.63, 3.8) is 0 Å². The Bertz CT molecular complexity index is 1250. The number of sulfonamides is 1. The Kier molecular flexibility index (Phi) is 8.51. The van der Waals surface area contributed by atoms with Crippen LogP contribution < -0.4 is 11.1 Å². The van der Waals surface area contributed by atoms with Gasteiger partial charge >= 0.3 is 0 Å². The lowest BCUT2D eigenvalue weighted by atomic mass is 10.1. The van der Waals surface area contributed by atoms with Gasteiger partial charge in [-0.15, -0.1) is 0 Å². The number of aliphatic hydroxyl groups excluding tert-OH is 1. The number of rotatable bonds is 11. The fraction of sp³-hybridized carbons (Fsp3) is 0.292. The summed E-state index contributed by atoms with van der Waals surface area (Å²) in [7, 11) is -0.254. The molecule has 8 nitrogen and oxygen atoms in total. The zero-order chi connectivity index (χ0) is 24.9. The van der Waals surface area contributed by atoms with Gasteiger partial charge in [-0.05, 0) is 66.4 Å². The quantitative estimate of drug-likeness (QED) is 0.236. The van der Waals surface area contributed by atoms with Crippen LogP contribution in [-0.4, -0.2) is 74.9 Å². The summed E-state index contributed by atoms with van der Waals surface area (Å²) in [6.07, 6.45) is -0.647. The molecule has 0 spiro atoms. The number of amidine groups is 1. The Morgan fingerprint density at radius 2 is 1.71 bits per heavy atom. The van der Waals surface area contributed by atoms with Crippen LogP contribution in [0.15, 0.2) is 65.6 Å². The summed E-state index contributed by atoms with van der Waals surface area (Å²) in [5.74, 6) is 0.00530. The zero-order valence-electron chi connectivity index (χ0n) is 19.2. The summed E-state index contributed by atoms with van der Waals surface area (Å²) in [6, 6.07) is 17.4. The van der Waals surface area contributed by atoms with Crippen LogP contribution in [0.5, 0.6) is 0 Å². The van der Waals surface area contributed by atoms with Gasteiger partial charge in [0.1, 0.15) is 5.84 Å². The first-order valence-electron chi connectivity index (χ1n) is 10.8. The third-order valence-corrected chi connectivity index (χ3v) is 7.63. The van der Waals surface area contributed by atoms with Gasteiger partial charge in [-0.3, -0.25) is 5.41 Å². The Labute approximate surface area is 205 Å². The molecule has 0 amide bonds. The summed E-state index contributed by atoms with van der Waals surface area (Å²) in [5.41, 5.74) is 6.90. The molecular weight excluding hydrogens is 474 g/mol. The average molecular weight is 504 g/mol. The van der Waals surface area contributed by atoms with E-state index >= 15 is 0 Å². The molecule has 10 heteroatoms. The third kappa shape index (κ3) is 6.68. The number of anilines is 1. The van der Waals surface area contributed by atoms with Crippen molar-refractivity contribution < 1.29 is 13.5 Å². The first-order chi connectivity index (χ1) is 16.1. The highest BCUT2D eigenvalue weighted by molar-refractivity contribution is 7.89. The fourth-order valence-electron chi connectivity index (χ4n) is 3.49. The molecule has 182 valence electrons. The maximum Gasteiger partial charge on any atom is 0.242 e. The van der Waals surface area contributed by atoms with Crippen LogP contribution >= 0.6 is 11.6 Å². The van der Waals surface area contributed by atoms with Crippen molar-refractivity contribution in [1.82, 2.24) is 9.21 Å². The minimum absolute atomic E-state index is 0.00530. The molecule has 3 aromatic rings. The minimum Gasteiger partial charge on any atom is -0.390 e. The van der Waals surface area contributed by atoms with Gasteiger partial charge < -0.3 is 21.1 Å². The van der Waals surface area contributed by atoms with E-state index in [1.54, 1.807) is 67.7 Å². The molecule has 0 bridgehead atoms. The normalized spacial score (nSPS) is 12.9. The second kappa shape index (κ2) is 11.2. The number of nitrogens with two attached hydrogens (primary N) is 1. The molecule has 0 aliphatic rings. The van der Waals surface area contributed by atoms with Gasteiger partial charge in [-0.2, -0.15) is 4.31 Å². The SMILES string of the molecule is CN(CCN(C)S(=O)(=O)c1ccc2cc(Cl)ccc2c1)CC(O)CNc1ccc(C(=N)N)cc1. The molecule has 0 aliphatic carbocycles. The second-order valence-electron chi connectivity index (χ2n) is 8.27. The van der Waals surface area contributed by atoms with Gasteiger partial charge in [0, 0.05) is 49.5 Å². The zero-order valence-corrected chi connectivity index (χ0v) is 20.8. The van der Waals surface area contributed by atoms with Crippen molar-refractivity contribution in [2.75, 3.05) is 45.6 Å². The second-order valence-corrected chi connectivity index (χ2v) is 10.7. The van der Waals surface area contributed by atoms with Crippen LogP contribution in [0.1, 0.15) is 5.56 Å². The van der Waals surface area contributed by atoms with Crippen molar-refractivity contribution in [3.8, 4) is 0 Å². The number of nitrogens with one attached hydrogen (secondary N) is 2. The van der Waals surface area contributed by atoms with Crippen molar-refractivity contribution in [1.29, 1.82) is 5.41 Å².